The molecule has 0 saturated heterocycles. The van der Waals surface area contributed by atoms with Crippen molar-refractivity contribution in [2.24, 2.45) is 0 Å². The number of rotatable bonds is 7. The van der Waals surface area contributed by atoms with Crippen LogP contribution >= 0.6 is 11.8 Å². The minimum Gasteiger partial charge on any atom is -0.435 e. The predicted octanol–water partition coefficient (Wildman–Crippen LogP) is 3.89. The molecule has 1 aromatic carbocycles. The molecule has 0 aliphatic rings. The molecule has 0 N–H and O–H groups in total. The number of nitrogens with zero attached hydrogens (tertiary/aromatic N) is 3. The van der Waals surface area contributed by atoms with Crippen LogP contribution in [0.25, 0.3) is 0 Å². The van der Waals surface area contributed by atoms with E-state index >= 15 is 0 Å². The first-order valence-corrected chi connectivity index (χ1v) is 7.68. The summed E-state index contributed by atoms with van der Waals surface area (Å²) < 4.78 is 30.4. The van der Waals surface area contributed by atoms with Crippen molar-refractivity contribution in [3.63, 3.8) is 0 Å². The molecule has 0 aliphatic heterocycles. The summed E-state index contributed by atoms with van der Waals surface area (Å²) in [6, 6.07) is 6.74. The lowest BCUT2D eigenvalue weighted by molar-refractivity contribution is -0.0498. The van der Waals surface area contributed by atoms with Crippen molar-refractivity contribution in [3.05, 3.63) is 42.0 Å². The van der Waals surface area contributed by atoms with Crippen LogP contribution in [0.2, 0.25) is 0 Å². The summed E-state index contributed by atoms with van der Waals surface area (Å²) in [5.41, 5.74) is 1.06. The van der Waals surface area contributed by atoms with Crippen LogP contribution in [-0.4, -0.2) is 21.4 Å². The number of hydrogen-bond acceptors (Lipinski definition) is 4. The molecular formula is C14H17F2N3OS. The minimum atomic E-state index is -2.79. The van der Waals surface area contributed by atoms with Crippen molar-refractivity contribution in [1.82, 2.24) is 14.8 Å². The van der Waals surface area contributed by atoms with E-state index in [1.54, 1.807) is 42.4 Å². The molecule has 0 saturated carbocycles. The number of halogens is 2. The highest BCUT2D eigenvalue weighted by atomic mass is 32.2. The maximum Gasteiger partial charge on any atom is 0.387 e. The quantitative estimate of drug-likeness (QED) is 0.777. The van der Waals surface area contributed by atoms with Crippen molar-refractivity contribution in [2.75, 3.05) is 0 Å². The van der Waals surface area contributed by atoms with Gasteiger partial charge in [0.25, 0.3) is 0 Å². The normalized spacial score (nSPS) is 12.6. The Labute approximate surface area is 126 Å². The van der Waals surface area contributed by atoms with Crippen LogP contribution in [0, 0.1) is 0 Å². The van der Waals surface area contributed by atoms with E-state index < -0.39 is 6.61 Å². The van der Waals surface area contributed by atoms with E-state index in [2.05, 4.69) is 21.7 Å². The Kier molecular flexibility index (Phi) is 5.55. The van der Waals surface area contributed by atoms with Gasteiger partial charge in [-0.25, -0.2) is 9.67 Å². The average molecular weight is 313 g/mol. The van der Waals surface area contributed by atoms with Crippen LogP contribution in [0.1, 0.15) is 30.5 Å². The summed E-state index contributed by atoms with van der Waals surface area (Å²) >= 11 is 1.72. The summed E-state index contributed by atoms with van der Waals surface area (Å²) in [4.78, 5) is 4.23. The van der Waals surface area contributed by atoms with Gasteiger partial charge in [-0.2, -0.15) is 13.9 Å². The van der Waals surface area contributed by atoms with E-state index in [9.17, 15) is 8.78 Å². The van der Waals surface area contributed by atoms with E-state index in [1.807, 2.05) is 11.6 Å². The van der Waals surface area contributed by atoms with Crippen LogP contribution in [0.3, 0.4) is 0 Å². The Hall–Kier alpha value is -1.63. The lowest BCUT2D eigenvalue weighted by Crippen LogP contribution is -2.03. The highest BCUT2D eigenvalue weighted by molar-refractivity contribution is 7.98. The van der Waals surface area contributed by atoms with E-state index in [0.29, 0.717) is 0 Å². The lowest BCUT2D eigenvalue weighted by atomic mass is 10.2. The summed E-state index contributed by atoms with van der Waals surface area (Å²) in [5.74, 6) is 1.87. The predicted molar refractivity (Wildman–Crippen MR) is 78.5 cm³/mol. The third kappa shape index (κ3) is 4.42. The third-order valence-electron chi connectivity index (χ3n) is 3.03. The Morgan fingerprint density at radius 1 is 1.29 bits per heavy atom. The number of ether oxygens (including phenoxy) is 1. The van der Waals surface area contributed by atoms with Crippen LogP contribution in [0.15, 0.2) is 30.6 Å². The second-order valence-corrected chi connectivity index (χ2v) is 5.72. The van der Waals surface area contributed by atoms with Crippen LogP contribution in [0.4, 0.5) is 8.78 Å². The fourth-order valence-corrected chi connectivity index (χ4v) is 2.85. The lowest BCUT2D eigenvalue weighted by Gasteiger charge is -2.12. The molecule has 0 bridgehead atoms. The highest BCUT2D eigenvalue weighted by Gasteiger charge is 2.10. The third-order valence-corrected chi connectivity index (χ3v) is 4.23. The first-order valence-electron chi connectivity index (χ1n) is 6.63. The maximum absolute atomic E-state index is 12.1. The van der Waals surface area contributed by atoms with Gasteiger partial charge in [-0.15, -0.1) is 11.8 Å². The molecule has 2 rings (SSSR count). The highest BCUT2D eigenvalue weighted by Crippen LogP contribution is 2.31. The Morgan fingerprint density at radius 3 is 2.62 bits per heavy atom. The second-order valence-electron chi connectivity index (χ2n) is 4.39. The number of hydrogen-bond donors (Lipinski definition) is 0. The number of alkyl halides is 2. The van der Waals surface area contributed by atoms with Gasteiger partial charge in [0, 0.05) is 11.8 Å². The Balaban J connectivity index is 1.92. The summed E-state index contributed by atoms with van der Waals surface area (Å²) in [6.45, 7) is 2.10. The fraction of sp³-hybridized carbons (Fsp3) is 0.429. The zero-order valence-corrected chi connectivity index (χ0v) is 12.7. The van der Waals surface area contributed by atoms with Crippen molar-refractivity contribution in [1.29, 1.82) is 0 Å². The van der Waals surface area contributed by atoms with Gasteiger partial charge in [0.1, 0.15) is 17.9 Å². The average Bonchev–Trinajstić information content (AvgIpc) is 2.92. The number of aromatic nitrogens is 3. The van der Waals surface area contributed by atoms with Gasteiger partial charge in [0.2, 0.25) is 0 Å². The van der Waals surface area contributed by atoms with Crippen LogP contribution in [-0.2, 0) is 12.3 Å². The van der Waals surface area contributed by atoms with Crippen LogP contribution in [0.5, 0.6) is 5.75 Å². The molecule has 114 valence electrons. The van der Waals surface area contributed by atoms with Crippen molar-refractivity contribution < 1.29 is 13.5 Å². The molecule has 0 unspecified atom stereocenters. The summed E-state index contributed by atoms with van der Waals surface area (Å²) in [6.07, 6.45) is 1.56. The minimum absolute atomic E-state index is 0.177. The SMILES string of the molecule is CCn1ncnc1CS[C@H](C)c1ccc(OC(F)F)cc1. The van der Waals surface area contributed by atoms with Gasteiger partial charge in [0.15, 0.2) is 0 Å². The molecule has 2 aromatic rings. The fourth-order valence-electron chi connectivity index (χ4n) is 1.88. The van der Waals surface area contributed by atoms with E-state index in [1.165, 1.54) is 0 Å². The van der Waals surface area contributed by atoms with E-state index in [4.69, 9.17) is 0 Å². The van der Waals surface area contributed by atoms with E-state index in [-0.39, 0.29) is 11.0 Å². The monoisotopic (exact) mass is 313 g/mol. The van der Waals surface area contributed by atoms with E-state index in [0.717, 1.165) is 23.7 Å². The molecule has 0 amide bonds. The topological polar surface area (TPSA) is 39.9 Å². The molecule has 21 heavy (non-hydrogen) atoms. The maximum atomic E-state index is 12.1. The zero-order valence-electron chi connectivity index (χ0n) is 11.9. The number of thioether (sulfide) groups is 1. The van der Waals surface area contributed by atoms with Crippen LogP contribution < -0.4 is 4.74 Å². The molecule has 1 atom stereocenters. The summed E-state index contributed by atoms with van der Waals surface area (Å²) in [5, 5.41) is 4.36. The molecular weight excluding hydrogens is 296 g/mol. The van der Waals surface area contributed by atoms with Gasteiger partial charge in [-0.1, -0.05) is 12.1 Å². The smallest absolute Gasteiger partial charge is 0.387 e. The van der Waals surface area contributed by atoms with Gasteiger partial charge in [0.05, 0.1) is 5.75 Å². The standard InChI is InChI=1S/C14H17F2N3OS/c1-3-19-13(17-9-18-19)8-21-10(2)11-4-6-12(7-5-11)20-14(15)16/h4-7,9-10,14H,3,8H2,1-2H3/t10-/m1/s1. The number of benzene rings is 1. The molecule has 0 aliphatic carbocycles. The largest absolute Gasteiger partial charge is 0.435 e. The van der Waals surface area contributed by atoms with Gasteiger partial charge in [-0.3, -0.25) is 0 Å². The second kappa shape index (κ2) is 7.40. The van der Waals surface area contributed by atoms with Gasteiger partial charge >= 0.3 is 6.61 Å². The summed E-state index contributed by atoms with van der Waals surface area (Å²) in [7, 11) is 0. The van der Waals surface area contributed by atoms with Crippen molar-refractivity contribution in [3.8, 4) is 5.75 Å². The van der Waals surface area contributed by atoms with Crippen molar-refractivity contribution in [2.45, 2.75) is 38.0 Å². The molecule has 1 aromatic heterocycles. The zero-order chi connectivity index (χ0) is 15.2. The molecule has 7 heteroatoms. The Morgan fingerprint density at radius 2 is 2.00 bits per heavy atom. The van der Waals surface area contributed by atoms with Gasteiger partial charge in [-0.05, 0) is 31.5 Å². The Bertz CT molecular complexity index is 560. The molecule has 4 nitrogen and oxygen atoms in total. The molecule has 0 fully saturated rings. The molecule has 1 heterocycles. The first-order chi connectivity index (χ1) is 10.1. The van der Waals surface area contributed by atoms with Gasteiger partial charge < -0.3 is 4.74 Å². The number of aryl methyl sites for hydroxylation is 1. The first kappa shape index (κ1) is 15.8. The molecule has 0 radical (unpaired) electrons. The molecule has 0 spiro atoms. The van der Waals surface area contributed by atoms with Crippen molar-refractivity contribution >= 4 is 11.8 Å².